The maximum Gasteiger partial charge on any atom is 0.231 e. The van der Waals surface area contributed by atoms with Crippen LogP contribution in [0.5, 0.6) is 0 Å². The molecule has 2 rings (SSSR count). The zero-order valence-corrected chi connectivity index (χ0v) is 17.1. The number of hydrogen-bond acceptors (Lipinski definition) is 8. The van der Waals surface area contributed by atoms with Gasteiger partial charge >= 0.3 is 0 Å². The van der Waals surface area contributed by atoms with Gasteiger partial charge in [-0.05, 0) is 0 Å². The highest BCUT2D eigenvalue weighted by atomic mass is 16.2. The first-order valence-electron chi connectivity index (χ1n) is 9.94. The molecular weight excluding hydrogens is 378 g/mol. The summed E-state index contributed by atoms with van der Waals surface area (Å²) in [6.45, 7) is 6.32. The molecule has 11 heteroatoms. The number of nitrogens with zero attached hydrogens (tertiary/aromatic N) is 4. The molecule has 0 aromatic heterocycles. The largest absolute Gasteiger partial charge is 0.369 e. The topological polar surface area (TPSA) is 159 Å². The molecule has 0 spiro atoms. The molecular formula is C18H33N7O4. The molecule has 164 valence electrons. The monoisotopic (exact) mass is 411 g/mol. The predicted octanol–water partition coefficient (Wildman–Crippen LogP) is -3.75. The van der Waals surface area contributed by atoms with Crippen molar-refractivity contribution < 1.29 is 19.2 Å². The number of Topliss-reactive ketones (excluding diaryl/α,β-unsaturated/α-hetero) is 1. The van der Waals surface area contributed by atoms with Crippen molar-refractivity contribution in [2.75, 3.05) is 72.0 Å². The molecule has 2 aliphatic heterocycles. The van der Waals surface area contributed by atoms with Crippen LogP contribution >= 0.6 is 0 Å². The first kappa shape index (κ1) is 23.2. The van der Waals surface area contributed by atoms with E-state index in [0.29, 0.717) is 52.4 Å². The van der Waals surface area contributed by atoms with Crippen LogP contribution in [0.25, 0.3) is 0 Å². The van der Waals surface area contributed by atoms with E-state index < -0.39 is 17.7 Å². The highest BCUT2D eigenvalue weighted by Crippen LogP contribution is 2.22. The Bertz CT molecular complexity index is 629. The van der Waals surface area contributed by atoms with Crippen LogP contribution in [-0.4, -0.2) is 121 Å². The lowest BCUT2D eigenvalue weighted by Gasteiger charge is -2.35. The smallest absolute Gasteiger partial charge is 0.231 e. The summed E-state index contributed by atoms with van der Waals surface area (Å²) in [5.74, 6) is -1.29. The van der Waals surface area contributed by atoms with Gasteiger partial charge in [0.15, 0.2) is 5.78 Å². The standard InChI is InChI=1S/C18H33N7O4/c1-13-14-8-24(12-18(21)29)5-4-22(10-16(19)27)2-3-23(11-17(20)28)6-7-25(14)9-15(13)26/h13-14H,2-12H2,1H3,(H2,19,27)(H2,20,28)(H2,21,29). The number of hydrogen-bond donors (Lipinski definition) is 3. The fourth-order valence-corrected chi connectivity index (χ4v) is 4.05. The van der Waals surface area contributed by atoms with Crippen LogP contribution in [0.15, 0.2) is 0 Å². The highest BCUT2D eigenvalue weighted by molar-refractivity contribution is 5.85. The molecule has 0 bridgehead atoms. The lowest BCUT2D eigenvalue weighted by atomic mass is 10.0. The molecule has 0 saturated carbocycles. The molecule has 11 nitrogen and oxygen atoms in total. The minimum Gasteiger partial charge on any atom is -0.369 e. The third-order valence-corrected chi connectivity index (χ3v) is 5.66. The normalized spacial score (nSPS) is 26.4. The second-order valence-electron chi connectivity index (χ2n) is 7.98. The zero-order chi connectivity index (χ0) is 21.6. The summed E-state index contributed by atoms with van der Waals surface area (Å²) < 4.78 is 0. The molecule has 2 atom stereocenters. The lowest BCUT2D eigenvalue weighted by Crippen LogP contribution is -2.52. The summed E-state index contributed by atoms with van der Waals surface area (Å²) in [6, 6.07) is -0.0405. The Morgan fingerprint density at radius 3 is 1.69 bits per heavy atom. The van der Waals surface area contributed by atoms with E-state index in [0.717, 1.165) is 0 Å². The van der Waals surface area contributed by atoms with Crippen molar-refractivity contribution in [1.82, 2.24) is 19.6 Å². The summed E-state index contributed by atoms with van der Waals surface area (Å²) in [6.07, 6.45) is 0. The van der Waals surface area contributed by atoms with Crippen LogP contribution in [0.2, 0.25) is 0 Å². The van der Waals surface area contributed by atoms with E-state index in [1.165, 1.54) is 0 Å². The zero-order valence-electron chi connectivity index (χ0n) is 17.1. The van der Waals surface area contributed by atoms with E-state index in [9.17, 15) is 19.2 Å². The summed E-state index contributed by atoms with van der Waals surface area (Å²) in [7, 11) is 0. The van der Waals surface area contributed by atoms with Crippen molar-refractivity contribution in [2.45, 2.75) is 13.0 Å². The Balaban J connectivity index is 2.20. The van der Waals surface area contributed by atoms with E-state index in [-0.39, 0.29) is 37.4 Å². The second-order valence-corrected chi connectivity index (χ2v) is 7.98. The third kappa shape index (κ3) is 7.35. The van der Waals surface area contributed by atoms with Gasteiger partial charge in [-0.2, -0.15) is 0 Å². The second kappa shape index (κ2) is 10.6. The number of rotatable bonds is 6. The third-order valence-electron chi connectivity index (χ3n) is 5.66. The SMILES string of the molecule is CC1C(=O)CN2CCN(CC(N)=O)CCN(CC(N)=O)CCN(CC(N)=O)CC12. The van der Waals surface area contributed by atoms with Gasteiger partial charge in [0.05, 0.1) is 26.2 Å². The van der Waals surface area contributed by atoms with Crippen molar-refractivity contribution in [2.24, 2.45) is 23.1 Å². The summed E-state index contributed by atoms with van der Waals surface area (Å²) in [5.41, 5.74) is 16.2. The molecule has 0 aromatic rings. The van der Waals surface area contributed by atoms with E-state index in [1.54, 1.807) is 0 Å². The average molecular weight is 412 g/mol. The van der Waals surface area contributed by atoms with Gasteiger partial charge in [-0.3, -0.25) is 38.8 Å². The van der Waals surface area contributed by atoms with E-state index in [4.69, 9.17) is 17.2 Å². The van der Waals surface area contributed by atoms with Crippen LogP contribution in [0.3, 0.4) is 0 Å². The fourth-order valence-electron chi connectivity index (χ4n) is 4.05. The molecule has 0 radical (unpaired) electrons. The molecule has 2 heterocycles. The molecule has 2 saturated heterocycles. The first-order chi connectivity index (χ1) is 13.7. The first-order valence-corrected chi connectivity index (χ1v) is 9.94. The van der Waals surface area contributed by atoms with Gasteiger partial charge in [0.25, 0.3) is 0 Å². The van der Waals surface area contributed by atoms with E-state index in [2.05, 4.69) is 4.90 Å². The number of primary amides is 3. The van der Waals surface area contributed by atoms with Gasteiger partial charge in [0.1, 0.15) is 0 Å². The van der Waals surface area contributed by atoms with Gasteiger partial charge in [0.2, 0.25) is 17.7 Å². The number of nitrogens with two attached hydrogens (primary N) is 3. The summed E-state index contributed by atoms with van der Waals surface area (Å²) in [4.78, 5) is 54.7. The van der Waals surface area contributed by atoms with E-state index in [1.807, 2.05) is 21.6 Å². The average Bonchev–Trinajstić information content (AvgIpc) is 2.86. The van der Waals surface area contributed by atoms with Gasteiger partial charge in [0, 0.05) is 57.8 Å². The van der Waals surface area contributed by atoms with Gasteiger partial charge in [-0.1, -0.05) is 6.92 Å². The number of carbonyl (C=O) groups excluding carboxylic acids is 4. The predicted molar refractivity (Wildman–Crippen MR) is 106 cm³/mol. The van der Waals surface area contributed by atoms with Crippen LogP contribution in [0.1, 0.15) is 6.92 Å². The van der Waals surface area contributed by atoms with Crippen LogP contribution < -0.4 is 17.2 Å². The lowest BCUT2D eigenvalue weighted by molar-refractivity contribution is -0.121. The number of ketones is 1. The van der Waals surface area contributed by atoms with Gasteiger partial charge in [-0.25, -0.2) is 0 Å². The molecule has 3 amide bonds. The Morgan fingerprint density at radius 2 is 1.21 bits per heavy atom. The number of amides is 3. The van der Waals surface area contributed by atoms with Crippen LogP contribution in [0.4, 0.5) is 0 Å². The fraction of sp³-hybridized carbons (Fsp3) is 0.778. The minimum absolute atomic E-state index is 0.0405. The van der Waals surface area contributed by atoms with E-state index >= 15 is 0 Å². The molecule has 0 aliphatic carbocycles. The molecule has 29 heavy (non-hydrogen) atoms. The summed E-state index contributed by atoms with van der Waals surface area (Å²) >= 11 is 0. The highest BCUT2D eigenvalue weighted by Gasteiger charge is 2.38. The molecule has 6 N–H and O–H groups in total. The van der Waals surface area contributed by atoms with Crippen LogP contribution in [-0.2, 0) is 19.2 Å². The molecule has 0 aromatic carbocycles. The van der Waals surface area contributed by atoms with Gasteiger partial charge < -0.3 is 17.2 Å². The molecule has 2 unspecified atom stereocenters. The maximum atomic E-state index is 12.3. The molecule has 2 fully saturated rings. The van der Waals surface area contributed by atoms with Gasteiger partial charge in [-0.15, -0.1) is 0 Å². The van der Waals surface area contributed by atoms with Crippen molar-refractivity contribution in [3.63, 3.8) is 0 Å². The minimum atomic E-state index is -0.443. The van der Waals surface area contributed by atoms with Crippen molar-refractivity contribution in [3.8, 4) is 0 Å². The number of fused-ring (bicyclic) bond motifs is 1. The summed E-state index contributed by atoms with van der Waals surface area (Å²) in [5, 5.41) is 0. The Hall–Kier alpha value is -2.08. The Kier molecular flexibility index (Phi) is 8.50. The maximum absolute atomic E-state index is 12.3. The van der Waals surface area contributed by atoms with Crippen molar-refractivity contribution in [3.05, 3.63) is 0 Å². The van der Waals surface area contributed by atoms with Crippen molar-refractivity contribution >= 4 is 23.5 Å². The quantitative estimate of drug-likeness (QED) is 0.402. The molecule has 2 aliphatic rings. The van der Waals surface area contributed by atoms with Crippen LogP contribution in [0, 0.1) is 5.92 Å². The Labute approximate surface area is 171 Å². The number of carbonyl (C=O) groups is 4. The van der Waals surface area contributed by atoms with Crippen molar-refractivity contribution in [1.29, 1.82) is 0 Å². The Morgan fingerprint density at radius 1 is 0.793 bits per heavy atom.